The van der Waals surface area contributed by atoms with E-state index in [1.165, 1.54) is 7.11 Å². The molecule has 0 bridgehead atoms. The van der Waals surface area contributed by atoms with Crippen LogP contribution in [0.5, 0.6) is 11.8 Å². The number of nitrogens with two attached hydrogens (primary N) is 1. The predicted octanol–water partition coefficient (Wildman–Crippen LogP) is 1.55. The van der Waals surface area contributed by atoms with Crippen molar-refractivity contribution in [2.75, 3.05) is 13.7 Å². The van der Waals surface area contributed by atoms with Crippen LogP contribution in [0.2, 0.25) is 0 Å². The van der Waals surface area contributed by atoms with E-state index in [4.69, 9.17) is 15.2 Å². The molecular weight excluding hydrogens is 293 g/mol. The Morgan fingerprint density at radius 1 is 1.43 bits per heavy atom. The molecule has 6 nitrogen and oxygen atoms in total. The van der Waals surface area contributed by atoms with E-state index in [9.17, 15) is 18.0 Å². The maximum absolute atomic E-state index is 12.3. The van der Waals surface area contributed by atoms with Crippen molar-refractivity contribution in [2.24, 2.45) is 5.73 Å². The lowest BCUT2D eigenvalue weighted by molar-refractivity contribution is -0.276. The van der Waals surface area contributed by atoms with E-state index in [1.54, 1.807) is 6.92 Å². The number of hydrogen-bond donors (Lipinski definition) is 1. The number of alkyl halides is 3. The highest BCUT2D eigenvalue weighted by molar-refractivity contribution is 5.73. The zero-order chi connectivity index (χ0) is 16.0. The quantitative estimate of drug-likeness (QED) is 0.803. The number of halogens is 3. The first-order chi connectivity index (χ1) is 9.80. The fraction of sp³-hybridized carbons (Fsp3) is 0.500. The number of carbonyl (C=O) groups excluding carboxylic acids is 1. The maximum atomic E-state index is 12.3. The smallest absolute Gasteiger partial charge is 0.481 e. The second-order valence-electron chi connectivity index (χ2n) is 3.84. The number of esters is 1. The standard InChI is InChI=1S/C12H15F3N2O4/c1-3-20-10(18)5-7-4-9(21-12(13,14)15)17-11(19-2)8(7)6-16/h4H,3,5-6,16H2,1-2H3. The molecule has 0 spiro atoms. The van der Waals surface area contributed by atoms with E-state index in [-0.39, 0.29) is 31.0 Å². The van der Waals surface area contributed by atoms with Crippen molar-refractivity contribution in [1.82, 2.24) is 4.98 Å². The molecule has 1 heterocycles. The van der Waals surface area contributed by atoms with Crippen molar-refractivity contribution in [3.8, 4) is 11.8 Å². The number of aromatic nitrogens is 1. The van der Waals surface area contributed by atoms with Gasteiger partial charge in [0, 0.05) is 18.2 Å². The summed E-state index contributed by atoms with van der Waals surface area (Å²) in [6.07, 6.45) is -5.16. The molecule has 0 aliphatic heterocycles. The Morgan fingerprint density at radius 2 is 2.10 bits per heavy atom. The Labute approximate surface area is 119 Å². The second kappa shape index (κ2) is 7.11. The Hall–Kier alpha value is -2.03. The molecule has 2 N–H and O–H groups in total. The summed E-state index contributed by atoms with van der Waals surface area (Å²) in [5, 5.41) is 0. The molecule has 0 fully saturated rings. The third-order valence-electron chi connectivity index (χ3n) is 2.41. The summed E-state index contributed by atoms with van der Waals surface area (Å²) in [5.74, 6) is -1.45. The summed E-state index contributed by atoms with van der Waals surface area (Å²) in [5.41, 5.74) is 6.05. The summed E-state index contributed by atoms with van der Waals surface area (Å²) in [7, 11) is 1.23. The average Bonchev–Trinajstić information content (AvgIpc) is 2.36. The largest absolute Gasteiger partial charge is 0.574 e. The van der Waals surface area contributed by atoms with Gasteiger partial charge in [-0.25, -0.2) is 0 Å². The molecule has 0 saturated heterocycles. The van der Waals surface area contributed by atoms with Gasteiger partial charge in [-0.15, -0.1) is 13.2 Å². The number of rotatable bonds is 6. The molecule has 0 atom stereocenters. The van der Waals surface area contributed by atoms with Gasteiger partial charge in [-0.05, 0) is 12.5 Å². The zero-order valence-electron chi connectivity index (χ0n) is 11.5. The number of ether oxygens (including phenoxy) is 3. The minimum absolute atomic E-state index is 0.0583. The van der Waals surface area contributed by atoms with Crippen LogP contribution >= 0.6 is 0 Å². The first kappa shape index (κ1) is 17.0. The molecule has 0 amide bonds. The van der Waals surface area contributed by atoms with Crippen molar-refractivity contribution < 1.29 is 32.2 Å². The molecule has 9 heteroatoms. The number of carbonyl (C=O) groups is 1. The topological polar surface area (TPSA) is 83.7 Å². The molecule has 0 aromatic carbocycles. The molecule has 0 aliphatic rings. The fourth-order valence-corrected chi connectivity index (χ4v) is 1.66. The minimum Gasteiger partial charge on any atom is -0.481 e. The first-order valence-corrected chi connectivity index (χ1v) is 5.99. The van der Waals surface area contributed by atoms with Crippen LogP contribution in [0.15, 0.2) is 6.07 Å². The lowest BCUT2D eigenvalue weighted by Gasteiger charge is -2.15. The van der Waals surface area contributed by atoms with Crippen molar-refractivity contribution in [2.45, 2.75) is 26.3 Å². The molecule has 0 radical (unpaired) electrons. The van der Waals surface area contributed by atoms with Gasteiger partial charge in [-0.2, -0.15) is 4.98 Å². The van der Waals surface area contributed by atoms with Crippen LogP contribution in [0.25, 0.3) is 0 Å². The summed E-state index contributed by atoms with van der Waals surface area (Å²) in [6, 6.07) is 0.995. The normalized spacial score (nSPS) is 11.1. The number of methoxy groups -OCH3 is 1. The Kier molecular flexibility index (Phi) is 5.77. The minimum atomic E-state index is -4.90. The van der Waals surface area contributed by atoms with E-state index >= 15 is 0 Å². The van der Waals surface area contributed by atoms with E-state index in [0.29, 0.717) is 5.56 Å². The summed E-state index contributed by atoms with van der Waals surface area (Å²) in [4.78, 5) is 15.1. The molecule has 118 valence electrons. The molecule has 1 rings (SSSR count). The zero-order valence-corrected chi connectivity index (χ0v) is 11.5. The average molecular weight is 308 g/mol. The van der Waals surface area contributed by atoms with Crippen LogP contribution in [0.3, 0.4) is 0 Å². The van der Waals surface area contributed by atoms with Crippen LogP contribution in [0.1, 0.15) is 18.1 Å². The highest BCUT2D eigenvalue weighted by Gasteiger charge is 2.32. The number of pyridine rings is 1. The fourth-order valence-electron chi connectivity index (χ4n) is 1.66. The van der Waals surface area contributed by atoms with Crippen LogP contribution < -0.4 is 15.2 Å². The lowest BCUT2D eigenvalue weighted by Crippen LogP contribution is -2.19. The van der Waals surface area contributed by atoms with Gasteiger partial charge in [0.05, 0.1) is 20.1 Å². The summed E-state index contributed by atoms with van der Waals surface area (Å²) < 4.78 is 50.1. The Balaban J connectivity index is 3.18. The van der Waals surface area contributed by atoms with Crippen LogP contribution in [0.4, 0.5) is 13.2 Å². The maximum Gasteiger partial charge on any atom is 0.574 e. The molecule has 0 aliphatic carbocycles. The lowest BCUT2D eigenvalue weighted by atomic mass is 10.1. The summed E-state index contributed by atoms with van der Waals surface area (Å²) >= 11 is 0. The Morgan fingerprint density at radius 3 is 2.57 bits per heavy atom. The SMILES string of the molecule is CCOC(=O)Cc1cc(OC(F)(F)F)nc(OC)c1CN. The summed E-state index contributed by atoms with van der Waals surface area (Å²) in [6.45, 7) is 1.72. The van der Waals surface area contributed by atoms with Crippen LogP contribution in [0, 0.1) is 0 Å². The molecule has 21 heavy (non-hydrogen) atoms. The monoisotopic (exact) mass is 308 g/mol. The van der Waals surface area contributed by atoms with E-state index in [0.717, 1.165) is 6.07 Å². The second-order valence-corrected chi connectivity index (χ2v) is 3.84. The van der Waals surface area contributed by atoms with Gasteiger partial charge in [-0.1, -0.05) is 0 Å². The van der Waals surface area contributed by atoms with Crippen LogP contribution in [-0.4, -0.2) is 31.0 Å². The third-order valence-corrected chi connectivity index (χ3v) is 2.41. The van der Waals surface area contributed by atoms with Crippen molar-refractivity contribution >= 4 is 5.97 Å². The van der Waals surface area contributed by atoms with Crippen LogP contribution in [-0.2, 0) is 22.5 Å². The molecule has 1 aromatic heterocycles. The van der Waals surface area contributed by atoms with Gasteiger partial charge >= 0.3 is 12.3 Å². The van der Waals surface area contributed by atoms with E-state index in [2.05, 4.69) is 9.72 Å². The van der Waals surface area contributed by atoms with E-state index in [1.807, 2.05) is 0 Å². The van der Waals surface area contributed by atoms with Gasteiger partial charge in [0.1, 0.15) is 0 Å². The molecule has 0 saturated carbocycles. The molecule has 0 unspecified atom stereocenters. The Bertz CT molecular complexity index is 506. The molecule has 1 aromatic rings. The number of hydrogen-bond acceptors (Lipinski definition) is 6. The van der Waals surface area contributed by atoms with Gasteiger partial charge in [0.15, 0.2) is 0 Å². The highest BCUT2D eigenvalue weighted by Crippen LogP contribution is 2.28. The van der Waals surface area contributed by atoms with Crippen molar-refractivity contribution in [3.63, 3.8) is 0 Å². The molecular formula is C12H15F3N2O4. The van der Waals surface area contributed by atoms with Crippen molar-refractivity contribution in [3.05, 3.63) is 17.2 Å². The van der Waals surface area contributed by atoms with Gasteiger partial charge in [0.2, 0.25) is 11.8 Å². The van der Waals surface area contributed by atoms with Crippen molar-refractivity contribution in [1.29, 1.82) is 0 Å². The highest BCUT2D eigenvalue weighted by atomic mass is 19.4. The van der Waals surface area contributed by atoms with Gasteiger partial charge < -0.3 is 19.9 Å². The van der Waals surface area contributed by atoms with Gasteiger partial charge in [-0.3, -0.25) is 4.79 Å². The predicted molar refractivity (Wildman–Crippen MR) is 65.7 cm³/mol. The van der Waals surface area contributed by atoms with E-state index < -0.39 is 18.2 Å². The van der Waals surface area contributed by atoms with Gasteiger partial charge in [0.25, 0.3) is 0 Å². The first-order valence-electron chi connectivity index (χ1n) is 5.99. The third kappa shape index (κ3) is 5.10. The number of nitrogens with zero attached hydrogens (tertiary/aromatic N) is 1.